The smallest absolute Gasteiger partial charge is 0.0539 e. The Kier molecular flexibility index (Phi) is 4.25. The third-order valence-corrected chi connectivity index (χ3v) is 4.12. The summed E-state index contributed by atoms with van der Waals surface area (Å²) in [6, 6.07) is 9.28. The van der Waals surface area contributed by atoms with E-state index in [9.17, 15) is 0 Å². The molecule has 0 fully saturated rings. The molecule has 0 amide bonds. The molecule has 0 radical (unpaired) electrons. The SMILES string of the molecule is CCCC1CN(Cc2cnn(C)c2)c2ccccc2CN1. The van der Waals surface area contributed by atoms with Gasteiger partial charge in [0.05, 0.1) is 6.20 Å². The Morgan fingerprint density at radius 2 is 2.19 bits per heavy atom. The van der Waals surface area contributed by atoms with Crippen LogP contribution in [0.15, 0.2) is 36.7 Å². The van der Waals surface area contributed by atoms with Gasteiger partial charge in [-0.25, -0.2) is 0 Å². The lowest BCUT2D eigenvalue weighted by Gasteiger charge is -2.27. The summed E-state index contributed by atoms with van der Waals surface area (Å²) in [7, 11) is 1.97. The number of nitrogens with zero attached hydrogens (tertiary/aromatic N) is 3. The van der Waals surface area contributed by atoms with E-state index in [-0.39, 0.29) is 0 Å². The summed E-state index contributed by atoms with van der Waals surface area (Å²) in [4.78, 5) is 2.49. The Balaban J connectivity index is 1.86. The minimum Gasteiger partial charge on any atom is -0.365 e. The maximum atomic E-state index is 4.29. The third-order valence-electron chi connectivity index (χ3n) is 4.12. The van der Waals surface area contributed by atoms with Crippen LogP contribution in [0.5, 0.6) is 0 Å². The van der Waals surface area contributed by atoms with Crippen LogP contribution >= 0.6 is 0 Å². The van der Waals surface area contributed by atoms with Gasteiger partial charge in [0.2, 0.25) is 0 Å². The van der Waals surface area contributed by atoms with Crippen LogP contribution in [0.3, 0.4) is 0 Å². The molecule has 2 heterocycles. The number of hydrogen-bond donors (Lipinski definition) is 1. The van der Waals surface area contributed by atoms with Crippen LogP contribution in [0.1, 0.15) is 30.9 Å². The van der Waals surface area contributed by atoms with Crippen molar-refractivity contribution < 1.29 is 0 Å². The van der Waals surface area contributed by atoms with Gasteiger partial charge in [-0.15, -0.1) is 0 Å². The first kappa shape index (κ1) is 14.1. The van der Waals surface area contributed by atoms with Crippen LogP contribution in [0.2, 0.25) is 0 Å². The summed E-state index contributed by atoms with van der Waals surface area (Å²) in [5.74, 6) is 0. The lowest BCUT2D eigenvalue weighted by atomic mass is 10.1. The second-order valence-corrected chi connectivity index (χ2v) is 5.90. The molecule has 0 saturated carbocycles. The summed E-state index contributed by atoms with van der Waals surface area (Å²) in [5.41, 5.74) is 4.01. The first-order valence-electron chi connectivity index (χ1n) is 7.80. The van der Waals surface area contributed by atoms with Gasteiger partial charge < -0.3 is 10.2 Å². The Labute approximate surface area is 126 Å². The number of benzene rings is 1. The number of nitrogens with one attached hydrogen (secondary N) is 1. The molecule has 0 saturated heterocycles. The molecule has 1 aliphatic rings. The molecule has 112 valence electrons. The lowest BCUT2D eigenvalue weighted by molar-refractivity contribution is 0.479. The molecule has 0 aliphatic carbocycles. The second-order valence-electron chi connectivity index (χ2n) is 5.90. The van der Waals surface area contributed by atoms with Crippen molar-refractivity contribution in [3.05, 3.63) is 47.8 Å². The van der Waals surface area contributed by atoms with Crippen molar-refractivity contribution in [2.45, 2.75) is 38.9 Å². The predicted molar refractivity (Wildman–Crippen MR) is 86.2 cm³/mol. The fraction of sp³-hybridized carbons (Fsp3) is 0.471. The van der Waals surface area contributed by atoms with Crippen LogP contribution in [0, 0.1) is 0 Å². The van der Waals surface area contributed by atoms with Gasteiger partial charge in [0.1, 0.15) is 0 Å². The maximum absolute atomic E-state index is 4.29. The fourth-order valence-electron chi connectivity index (χ4n) is 3.12. The second kappa shape index (κ2) is 6.31. The summed E-state index contributed by atoms with van der Waals surface area (Å²) in [6.45, 7) is 5.20. The van der Waals surface area contributed by atoms with Crippen molar-refractivity contribution in [1.29, 1.82) is 0 Å². The van der Waals surface area contributed by atoms with Gasteiger partial charge in [-0.2, -0.15) is 5.10 Å². The van der Waals surface area contributed by atoms with E-state index >= 15 is 0 Å². The van der Waals surface area contributed by atoms with E-state index in [1.165, 1.54) is 29.7 Å². The monoisotopic (exact) mass is 284 g/mol. The van der Waals surface area contributed by atoms with Gasteiger partial charge in [-0.1, -0.05) is 31.5 Å². The highest BCUT2D eigenvalue weighted by Gasteiger charge is 2.21. The molecule has 1 aromatic heterocycles. The van der Waals surface area contributed by atoms with E-state index in [0.717, 1.165) is 19.6 Å². The number of aryl methyl sites for hydroxylation is 1. The molecule has 0 bridgehead atoms. The van der Waals surface area contributed by atoms with Crippen LogP contribution in [0.4, 0.5) is 5.69 Å². The molecule has 4 heteroatoms. The van der Waals surface area contributed by atoms with Crippen LogP contribution in [-0.4, -0.2) is 22.4 Å². The Morgan fingerprint density at radius 1 is 1.33 bits per heavy atom. The summed E-state index contributed by atoms with van der Waals surface area (Å²) >= 11 is 0. The minimum atomic E-state index is 0.555. The van der Waals surface area contributed by atoms with Crippen molar-refractivity contribution in [2.75, 3.05) is 11.4 Å². The Hall–Kier alpha value is -1.81. The average molecular weight is 284 g/mol. The molecule has 1 N–H and O–H groups in total. The molecule has 0 spiro atoms. The van der Waals surface area contributed by atoms with Crippen molar-refractivity contribution in [2.24, 2.45) is 7.05 Å². The highest BCUT2D eigenvalue weighted by Crippen LogP contribution is 2.25. The highest BCUT2D eigenvalue weighted by atomic mass is 15.2. The van der Waals surface area contributed by atoms with Crippen LogP contribution in [0.25, 0.3) is 0 Å². The number of para-hydroxylation sites is 1. The number of fused-ring (bicyclic) bond motifs is 1. The van der Waals surface area contributed by atoms with E-state index < -0.39 is 0 Å². The standard InChI is InChI=1S/C17H24N4/c1-3-6-16-13-21(12-14-9-19-20(2)11-14)17-8-5-4-7-15(17)10-18-16/h4-5,7-9,11,16,18H,3,6,10,12-13H2,1-2H3. The van der Waals surface area contributed by atoms with Crippen LogP contribution in [-0.2, 0) is 20.1 Å². The van der Waals surface area contributed by atoms with Gasteiger partial charge in [-0.05, 0) is 18.1 Å². The average Bonchev–Trinajstić information content (AvgIpc) is 2.81. The quantitative estimate of drug-likeness (QED) is 0.937. The number of hydrogen-bond acceptors (Lipinski definition) is 3. The lowest BCUT2D eigenvalue weighted by Crippen LogP contribution is -2.37. The van der Waals surface area contributed by atoms with E-state index in [4.69, 9.17) is 0 Å². The van der Waals surface area contributed by atoms with E-state index in [2.05, 4.69) is 52.7 Å². The van der Waals surface area contributed by atoms with E-state index in [1.54, 1.807) is 0 Å². The van der Waals surface area contributed by atoms with Gasteiger partial charge in [0.15, 0.2) is 0 Å². The molecular formula is C17H24N4. The molecule has 1 unspecified atom stereocenters. The molecule has 1 atom stereocenters. The topological polar surface area (TPSA) is 33.1 Å². The number of rotatable bonds is 4. The highest BCUT2D eigenvalue weighted by molar-refractivity contribution is 5.54. The molecule has 2 aromatic rings. The number of anilines is 1. The third kappa shape index (κ3) is 3.27. The molecule has 21 heavy (non-hydrogen) atoms. The van der Waals surface area contributed by atoms with Crippen molar-refractivity contribution >= 4 is 5.69 Å². The Bertz CT molecular complexity index is 590. The molecule has 1 aliphatic heterocycles. The van der Waals surface area contributed by atoms with E-state index in [0.29, 0.717) is 6.04 Å². The zero-order valence-corrected chi connectivity index (χ0v) is 12.9. The normalized spacial score (nSPS) is 18.4. The minimum absolute atomic E-state index is 0.555. The zero-order chi connectivity index (χ0) is 14.7. The predicted octanol–water partition coefficient (Wildman–Crippen LogP) is 2.70. The van der Waals surface area contributed by atoms with Gasteiger partial charge in [0, 0.05) is 50.2 Å². The van der Waals surface area contributed by atoms with E-state index in [1.807, 2.05) is 17.9 Å². The summed E-state index contributed by atoms with van der Waals surface area (Å²) < 4.78 is 1.88. The van der Waals surface area contributed by atoms with Crippen molar-refractivity contribution in [1.82, 2.24) is 15.1 Å². The van der Waals surface area contributed by atoms with Crippen molar-refractivity contribution in [3.8, 4) is 0 Å². The largest absolute Gasteiger partial charge is 0.365 e. The Morgan fingerprint density at radius 3 is 2.95 bits per heavy atom. The van der Waals surface area contributed by atoms with Gasteiger partial charge in [-0.3, -0.25) is 4.68 Å². The molecular weight excluding hydrogens is 260 g/mol. The summed E-state index contributed by atoms with van der Waals surface area (Å²) in [5, 5.41) is 7.99. The first-order valence-corrected chi connectivity index (χ1v) is 7.80. The molecule has 3 rings (SSSR count). The zero-order valence-electron chi connectivity index (χ0n) is 12.9. The van der Waals surface area contributed by atoms with Gasteiger partial charge >= 0.3 is 0 Å². The summed E-state index contributed by atoms with van der Waals surface area (Å²) in [6.07, 6.45) is 6.51. The van der Waals surface area contributed by atoms with Gasteiger partial charge in [0.25, 0.3) is 0 Å². The fourth-order valence-corrected chi connectivity index (χ4v) is 3.12. The maximum Gasteiger partial charge on any atom is 0.0539 e. The van der Waals surface area contributed by atoms with Crippen LogP contribution < -0.4 is 10.2 Å². The first-order chi connectivity index (χ1) is 10.3. The number of aromatic nitrogens is 2. The molecule has 4 nitrogen and oxygen atoms in total. The molecule has 1 aromatic carbocycles. The van der Waals surface area contributed by atoms with Crippen molar-refractivity contribution in [3.63, 3.8) is 0 Å².